The van der Waals surface area contributed by atoms with Gasteiger partial charge in [0.1, 0.15) is 6.10 Å². The number of nitrogens with one attached hydrogen (secondary N) is 1. The maximum atomic E-state index is 11.0. The van der Waals surface area contributed by atoms with E-state index in [1.807, 2.05) is 6.92 Å². The molecule has 0 unspecified atom stereocenters. The van der Waals surface area contributed by atoms with Crippen LogP contribution in [-0.4, -0.2) is 38.7 Å². The predicted octanol–water partition coefficient (Wildman–Crippen LogP) is 0.310. The molecule has 0 aliphatic carbocycles. The maximum absolute atomic E-state index is 11.0. The molecule has 1 rings (SSSR count). The number of ether oxygens (including phenoxy) is 1. The zero-order valence-corrected chi connectivity index (χ0v) is 8.97. The molecule has 1 fully saturated rings. The van der Waals surface area contributed by atoms with Gasteiger partial charge in [-0.15, -0.1) is 0 Å². The third-order valence-electron chi connectivity index (χ3n) is 1.98. The number of amides is 1. The largest absolute Gasteiger partial charge is 0.445 e. The number of hydrogen-bond donors (Lipinski definition) is 1. The average molecular weight is 221 g/mol. The summed E-state index contributed by atoms with van der Waals surface area (Å²) in [4.78, 5) is 11.0. The lowest BCUT2D eigenvalue weighted by Gasteiger charge is -2.10. The summed E-state index contributed by atoms with van der Waals surface area (Å²) in [5.74, 6) is 0.0886. The van der Waals surface area contributed by atoms with Crippen LogP contribution in [0.15, 0.2) is 0 Å². The van der Waals surface area contributed by atoms with Gasteiger partial charge in [0.05, 0.1) is 11.5 Å². The summed E-state index contributed by atoms with van der Waals surface area (Å²) in [6.45, 7) is 2.48. The minimum absolute atomic E-state index is 0.0352. The number of hydrogen-bond acceptors (Lipinski definition) is 4. The molecule has 0 radical (unpaired) electrons. The Kier molecular flexibility index (Phi) is 3.74. The van der Waals surface area contributed by atoms with Crippen molar-refractivity contribution in [2.75, 3.05) is 18.1 Å². The molecule has 1 aliphatic rings. The molecule has 0 aromatic carbocycles. The van der Waals surface area contributed by atoms with Crippen molar-refractivity contribution in [3.8, 4) is 0 Å². The third kappa shape index (κ3) is 3.53. The van der Waals surface area contributed by atoms with Gasteiger partial charge in [0.15, 0.2) is 9.84 Å². The lowest BCUT2D eigenvalue weighted by molar-refractivity contribution is 0.110. The first-order chi connectivity index (χ1) is 6.53. The minimum atomic E-state index is -2.97. The van der Waals surface area contributed by atoms with E-state index >= 15 is 0 Å². The Morgan fingerprint density at radius 2 is 2.29 bits per heavy atom. The zero-order valence-electron chi connectivity index (χ0n) is 8.15. The second-order valence-corrected chi connectivity index (χ2v) is 5.59. The smallest absolute Gasteiger partial charge is 0.407 e. The molecule has 0 saturated carbocycles. The van der Waals surface area contributed by atoms with Gasteiger partial charge in [0.25, 0.3) is 0 Å². The highest BCUT2D eigenvalue weighted by atomic mass is 32.2. The van der Waals surface area contributed by atoms with Crippen LogP contribution in [0.5, 0.6) is 0 Å². The van der Waals surface area contributed by atoms with Crippen LogP contribution in [0.3, 0.4) is 0 Å². The zero-order chi connectivity index (χ0) is 10.6. The van der Waals surface area contributed by atoms with E-state index in [9.17, 15) is 13.2 Å². The van der Waals surface area contributed by atoms with Crippen molar-refractivity contribution >= 4 is 15.9 Å². The van der Waals surface area contributed by atoms with E-state index in [-0.39, 0.29) is 11.5 Å². The van der Waals surface area contributed by atoms with Crippen molar-refractivity contribution in [1.82, 2.24) is 5.32 Å². The summed E-state index contributed by atoms with van der Waals surface area (Å²) in [6, 6.07) is 0. The van der Waals surface area contributed by atoms with Gasteiger partial charge in [-0.1, -0.05) is 6.92 Å². The molecule has 5 nitrogen and oxygen atoms in total. The summed E-state index contributed by atoms with van der Waals surface area (Å²) < 4.78 is 27.0. The highest BCUT2D eigenvalue weighted by molar-refractivity contribution is 7.91. The Morgan fingerprint density at radius 1 is 1.57 bits per heavy atom. The number of rotatable bonds is 3. The number of alkyl carbamates (subject to hydrolysis) is 1. The maximum Gasteiger partial charge on any atom is 0.407 e. The van der Waals surface area contributed by atoms with Crippen LogP contribution in [-0.2, 0) is 14.6 Å². The average Bonchev–Trinajstić information content (AvgIpc) is 2.42. The van der Waals surface area contributed by atoms with Gasteiger partial charge in [-0.25, -0.2) is 13.2 Å². The van der Waals surface area contributed by atoms with Crippen molar-refractivity contribution in [1.29, 1.82) is 0 Å². The Hall–Kier alpha value is -0.780. The summed E-state index contributed by atoms with van der Waals surface area (Å²) in [6.07, 6.45) is 0.269. The summed E-state index contributed by atoms with van der Waals surface area (Å²) >= 11 is 0. The van der Waals surface area contributed by atoms with E-state index in [0.29, 0.717) is 13.0 Å². The number of carbonyl (C=O) groups excluding carboxylic acids is 1. The van der Waals surface area contributed by atoms with Gasteiger partial charge < -0.3 is 10.1 Å². The fourth-order valence-corrected chi connectivity index (χ4v) is 2.86. The van der Waals surface area contributed by atoms with Crippen molar-refractivity contribution in [3.05, 3.63) is 0 Å². The van der Waals surface area contributed by atoms with E-state index < -0.39 is 22.0 Å². The Labute approximate surface area is 83.7 Å². The second kappa shape index (κ2) is 4.63. The first-order valence-electron chi connectivity index (χ1n) is 4.68. The van der Waals surface area contributed by atoms with Crippen LogP contribution in [0.2, 0.25) is 0 Å². The monoisotopic (exact) mass is 221 g/mol. The van der Waals surface area contributed by atoms with Crippen LogP contribution in [0.1, 0.15) is 19.8 Å². The van der Waals surface area contributed by atoms with Crippen molar-refractivity contribution in [3.63, 3.8) is 0 Å². The van der Waals surface area contributed by atoms with Gasteiger partial charge in [-0.2, -0.15) is 0 Å². The van der Waals surface area contributed by atoms with Crippen molar-refractivity contribution < 1.29 is 17.9 Å². The fraction of sp³-hybridized carbons (Fsp3) is 0.875. The van der Waals surface area contributed by atoms with Crippen LogP contribution in [0, 0.1) is 0 Å². The standard InChI is InChI=1S/C8H15NO4S/c1-2-4-9-8(10)13-7-3-5-14(11,12)6-7/h7H,2-6H2,1H3,(H,9,10)/t7-/m0/s1. The molecule has 1 heterocycles. The first kappa shape index (κ1) is 11.3. The molecule has 1 aliphatic heterocycles. The van der Waals surface area contributed by atoms with E-state index in [1.54, 1.807) is 0 Å². The van der Waals surface area contributed by atoms with E-state index in [2.05, 4.69) is 5.32 Å². The molecule has 0 aromatic heterocycles. The van der Waals surface area contributed by atoms with Gasteiger partial charge in [0.2, 0.25) is 0 Å². The Morgan fingerprint density at radius 3 is 2.79 bits per heavy atom. The molecular formula is C8H15NO4S. The molecule has 0 spiro atoms. The summed E-state index contributed by atoms with van der Waals surface area (Å²) in [5.41, 5.74) is 0. The fourth-order valence-electron chi connectivity index (χ4n) is 1.27. The van der Waals surface area contributed by atoms with Crippen LogP contribution < -0.4 is 5.32 Å². The lowest BCUT2D eigenvalue weighted by atomic mass is 10.3. The van der Waals surface area contributed by atoms with E-state index in [1.165, 1.54) is 0 Å². The highest BCUT2D eigenvalue weighted by Crippen LogP contribution is 2.14. The molecular weight excluding hydrogens is 206 g/mol. The molecule has 0 bridgehead atoms. The lowest BCUT2D eigenvalue weighted by Crippen LogP contribution is -2.29. The van der Waals surface area contributed by atoms with Gasteiger partial charge >= 0.3 is 6.09 Å². The van der Waals surface area contributed by atoms with Gasteiger partial charge in [-0.3, -0.25) is 0 Å². The SMILES string of the molecule is CCCNC(=O)O[C@H]1CCS(=O)(=O)C1. The molecule has 1 saturated heterocycles. The van der Waals surface area contributed by atoms with Gasteiger partial charge in [-0.05, 0) is 12.8 Å². The van der Waals surface area contributed by atoms with Crippen molar-refractivity contribution in [2.24, 2.45) is 0 Å². The van der Waals surface area contributed by atoms with E-state index in [4.69, 9.17) is 4.74 Å². The summed E-state index contributed by atoms with van der Waals surface area (Å²) in [7, 11) is -2.97. The minimum Gasteiger partial charge on any atom is -0.445 e. The quantitative estimate of drug-likeness (QED) is 0.744. The van der Waals surface area contributed by atoms with Crippen molar-refractivity contribution in [2.45, 2.75) is 25.9 Å². The molecule has 6 heteroatoms. The van der Waals surface area contributed by atoms with Crippen LogP contribution >= 0.6 is 0 Å². The predicted molar refractivity (Wildman–Crippen MR) is 51.8 cm³/mol. The molecule has 82 valence electrons. The van der Waals surface area contributed by atoms with E-state index in [0.717, 1.165) is 6.42 Å². The molecule has 14 heavy (non-hydrogen) atoms. The number of carbonyl (C=O) groups is 1. The highest BCUT2D eigenvalue weighted by Gasteiger charge is 2.30. The Balaban J connectivity index is 2.29. The summed E-state index contributed by atoms with van der Waals surface area (Å²) in [5, 5.41) is 2.53. The second-order valence-electron chi connectivity index (χ2n) is 3.36. The van der Waals surface area contributed by atoms with Crippen LogP contribution in [0.25, 0.3) is 0 Å². The molecule has 1 amide bonds. The van der Waals surface area contributed by atoms with Gasteiger partial charge in [0, 0.05) is 6.54 Å². The third-order valence-corrected chi connectivity index (χ3v) is 3.72. The normalized spacial score (nSPS) is 24.5. The molecule has 1 atom stereocenters. The number of sulfone groups is 1. The molecule has 0 aromatic rings. The first-order valence-corrected chi connectivity index (χ1v) is 6.50. The Bertz CT molecular complexity index is 298. The van der Waals surface area contributed by atoms with Crippen LogP contribution in [0.4, 0.5) is 4.79 Å². The molecule has 1 N–H and O–H groups in total. The topological polar surface area (TPSA) is 72.5 Å².